The van der Waals surface area contributed by atoms with Gasteiger partial charge in [-0.25, -0.2) is 0 Å². The average molecular weight is 325 g/mol. The summed E-state index contributed by atoms with van der Waals surface area (Å²) in [6, 6.07) is 19.4. The molecule has 24 heavy (non-hydrogen) atoms. The number of rotatable bonds is 7. The Labute approximate surface area is 144 Å². The molecule has 0 aliphatic rings. The summed E-state index contributed by atoms with van der Waals surface area (Å²) in [6.07, 6.45) is 0.694. The molecule has 3 atom stereocenters. The highest BCUT2D eigenvalue weighted by atomic mass is 16.3. The molecule has 0 fully saturated rings. The van der Waals surface area contributed by atoms with Crippen molar-refractivity contribution in [3.05, 3.63) is 71.8 Å². The molecule has 1 amide bonds. The molecule has 0 radical (unpaired) electrons. The molecule has 2 aromatic rings. The van der Waals surface area contributed by atoms with E-state index in [0.717, 1.165) is 12.0 Å². The Balaban J connectivity index is 2.03. The van der Waals surface area contributed by atoms with Crippen LogP contribution in [-0.2, 0) is 4.79 Å². The van der Waals surface area contributed by atoms with Crippen molar-refractivity contribution in [1.29, 1.82) is 0 Å². The number of carbonyl (C=O) groups excluding carboxylic acids is 1. The van der Waals surface area contributed by atoms with E-state index in [9.17, 15) is 9.90 Å². The van der Waals surface area contributed by atoms with Crippen LogP contribution in [0.2, 0.25) is 0 Å². The van der Waals surface area contributed by atoms with Gasteiger partial charge in [-0.05, 0) is 30.4 Å². The molecule has 0 aliphatic carbocycles. The number of aliphatic hydroxyl groups excluding tert-OH is 1. The molecule has 0 unspecified atom stereocenters. The van der Waals surface area contributed by atoms with Gasteiger partial charge in [0.2, 0.25) is 5.91 Å². The number of hydrogen-bond acceptors (Lipinski definition) is 2. The first-order valence-corrected chi connectivity index (χ1v) is 8.58. The van der Waals surface area contributed by atoms with Gasteiger partial charge in [0, 0.05) is 13.5 Å². The number of benzene rings is 2. The summed E-state index contributed by atoms with van der Waals surface area (Å²) in [5.74, 6) is 0.274. The molecule has 128 valence electrons. The van der Waals surface area contributed by atoms with Gasteiger partial charge in [0.05, 0.1) is 12.1 Å². The number of hydrogen-bond donors (Lipinski definition) is 1. The molecule has 0 aromatic heterocycles. The molecule has 3 heteroatoms. The zero-order valence-electron chi connectivity index (χ0n) is 14.7. The van der Waals surface area contributed by atoms with Crippen LogP contribution in [0.15, 0.2) is 60.7 Å². The summed E-state index contributed by atoms with van der Waals surface area (Å²) in [5, 5.41) is 10.5. The molecular weight excluding hydrogens is 298 g/mol. The second-order valence-corrected chi connectivity index (χ2v) is 6.32. The Bertz CT molecular complexity index is 627. The third kappa shape index (κ3) is 4.45. The van der Waals surface area contributed by atoms with Crippen molar-refractivity contribution in [2.24, 2.45) is 0 Å². The van der Waals surface area contributed by atoms with Crippen LogP contribution in [0.3, 0.4) is 0 Å². The third-order valence-electron chi connectivity index (χ3n) is 4.79. The van der Waals surface area contributed by atoms with Crippen molar-refractivity contribution in [2.45, 2.75) is 44.8 Å². The van der Waals surface area contributed by atoms with Crippen LogP contribution >= 0.6 is 0 Å². The fourth-order valence-corrected chi connectivity index (χ4v) is 2.95. The minimum Gasteiger partial charge on any atom is -0.386 e. The van der Waals surface area contributed by atoms with Gasteiger partial charge in [-0.3, -0.25) is 4.79 Å². The van der Waals surface area contributed by atoms with Crippen LogP contribution < -0.4 is 0 Å². The van der Waals surface area contributed by atoms with Gasteiger partial charge >= 0.3 is 0 Å². The first kappa shape index (κ1) is 18.2. The number of amides is 1. The van der Waals surface area contributed by atoms with Gasteiger partial charge in [0.15, 0.2) is 0 Å². The van der Waals surface area contributed by atoms with E-state index in [0.29, 0.717) is 6.42 Å². The van der Waals surface area contributed by atoms with Crippen LogP contribution in [0.4, 0.5) is 0 Å². The maximum atomic E-state index is 12.7. The Hall–Kier alpha value is -2.13. The summed E-state index contributed by atoms with van der Waals surface area (Å²) >= 11 is 0. The molecule has 2 aromatic carbocycles. The van der Waals surface area contributed by atoms with E-state index in [-0.39, 0.29) is 17.9 Å². The third-order valence-corrected chi connectivity index (χ3v) is 4.79. The lowest BCUT2D eigenvalue weighted by Crippen LogP contribution is -2.39. The van der Waals surface area contributed by atoms with Crippen molar-refractivity contribution in [2.75, 3.05) is 7.05 Å². The van der Waals surface area contributed by atoms with Crippen molar-refractivity contribution in [3.8, 4) is 0 Å². The van der Waals surface area contributed by atoms with E-state index in [1.807, 2.05) is 55.5 Å². The van der Waals surface area contributed by atoms with Gasteiger partial charge in [-0.2, -0.15) is 0 Å². The van der Waals surface area contributed by atoms with Crippen molar-refractivity contribution >= 4 is 5.91 Å². The van der Waals surface area contributed by atoms with Gasteiger partial charge < -0.3 is 10.0 Å². The quantitative estimate of drug-likeness (QED) is 0.831. The van der Waals surface area contributed by atoms with Crippen molar-refractivity contribution in [1.82, 2.24) is 4.90 Å². The van der Waals surface area contributed by atoms with Gasteiger partial charge in [0.1, 0.15) is 0 Å². The zero-order valence-corrected chi connectivity index (χ0v) is 14.7. The number of aliphatic hydroxyl groups is 1. The smallest absolute Gasteiger partial charge is 0.223 e. The fourth-order valence-electron chi connectivity index (χ4n) is 2.95. The molecular formula is C21H27NO2. The molecule has 0 saturated carbocycles. The summed E-state index contributed by atoms with van der Waals surface area (Å²) in [6.45, 7) is 3.99. The molecule has 0 saturated heterocycles. The topological polar surface area (TPSA) is 40.5 Å². The maximum Gasteiger partial charge on any atom is 0.223 e. The minimum absolute atomic E-state index is 0.0631. The number of likely N-dealkylation sites (N-methyl/N-ethyl adjacent to an activating group) is 1. The number of nitrogens with zero attached hydrogens (tertiary/aromatic N) is 1. The molecule has 3 nitrogen and oxygen atoms in total. The van der Waals surface area contributed by atoms with Crippen LogP contribution in [0.25, 0.3) is 0 Å². The molecule has 1 N–H and O–H groups in total. The Morgan fingerprint density at radius 2 is 1.50 bits per heavy atom. The lowest BCUT2D eigenvalue weighted by Gasteiger charge is -2.30. The van der Waals surface area contributed by atoms with E-state index < -0.39 is 6.10 Å². The van der Waals surface area contributed by atoms with E-state index in [1.165, 1.54) is 5.56 Å². The van der Waals surface area contributed by atoms with Crippen LogP contribution in [-0.4, -0.2) is 29.0 Å². The van der Waals surface area contributed by atoms with Gasteiger partial charge in [-0.1, -0.05) is 67.6 Å². The molecule has 0 spiro atoms. The van der Waals surface area contributed by atoms with Gasteiger partial charge in [0.25, 0.3) is 0 Å². The summed E-state index contributed by atoms with van der Waals surface area (Å²) < 4.78 is 0. The van der Waals surface area contributed by atoms with E-state index >= 15 is 0 Å². The molecule has 0 bridgehead atoms. The Morgan fingerprint density at radius 3 is 2.00 bits per heavy atom. The lowest BCUT2D eigenvalue weighted by molar-refractivity contribution is -0.134. The SMILES string of the molecule is CC[C@H](CC(=O)N(C)[C@@H](C)[C@H](O)c1ccccc1)c1ccccc1. The molecule has 2 rings (SSSR count). The highest BCUT2D eigenvalue weighted by molar-refractivity contribution is 5.77. The largest absolute Gasteiger partial charge is 0.386 e. The summed E-state index contributed by atoms with van der Waals surface area (Å²) in [5.41, 5.74) is 2.03. The van der Waals surface area contributed by atoms with Crippen LogP contribution in [0, 0.1) is 0 Å². The number of carbonyl (C=O) groups is 1. The maximum absolute atomic E-state index is 12.7. The second kappa shape index (κ2) is 8.65. The van der Waals surface area contributed by atoms with E-state index in [4.69, 9.17) is 0 Å². The predicted octanol–water partition coefficient (Wildman–Crippen LogP) is 4.15. The Kier molecular flexibility index (Phi) is 6.56. The predicted molar refractivity (Wildman–Crippen MR) is 97.7 cm³/mol. The standard InChI is InChI=1S/C21H27NO2/c1-4-17(18-11-7-5-8-12-18)15-20(23)22(3)16(2)21(24)19-13-9-6-10-14-19/h5-14,16-17,21,24H,4,15H2,1-3H3/t16-,17+,21-/m0/s1. The minimum atomic E-state index is -0.683. The first-order valence-electron chi connectivity index (χ1n) is 8.58. The van der Waals surface area contributed by atoms with Gasteiger partial charge in [-0.15, -0.1) is 0 Å². The van der Waals surface area contributed by atoms with E-state index in [1.54, 1.807) is 11.9 Å². The second-order valence-electron chi connectivity index (χ2n) is 6.32. The lowest BCUT2D eigenvalue weighted by atomic mass is 9.92. The molecule has 0 heterocycles. The van der Waals surface area contributed by atoms with Crippen molar-refractivity contribution < 1.29 is 9.90 Å². The highest BCUT2D eigenvalue weighted by Gasteiger charge is 2.25. The fraction of sp³-hybridized carbons (Fsp3) is 0.381. The molecule has 0 aliphatic heterocycles. The average Bonchev–Trinajstić information content (AvgIpc) is 2.65. The Morgan fingerprint density at radius 1 is 1.00 bits per heavy atom. The first-order chi connectivity index (χ1) is 11.5. The summed E-state index contributed by atoms with van der Waals surface area (Å²) in [7, 11) is 1.77. The normalized spacial score (nSPS) is 14.7. The zero-order chi connectivity index (χ0) is 17.5. The van der Waals surface area contributed by atoms with E-state index in [2.05, 4.69) is 19.1 Å². The highest BCUT2D eigenvalue weighted by Crippen LogP contribution is 2.26. The van der Waals surface area contributed by atoms with Crippen molar-refractivity contribution in [3.63, 3.8) is 0 Å². The van der Waals surface area contributed by atoms with Crippen LogP contribution in [0.1, 0.15) is 49.8 Å². The van der Waals surface area contributed by atoms with Crippen LogP contribution in [0.5, 0.6) is 0 Å². The monoisotopic (exact) mass is 325 g/mol. The summed E-state index contributed by atoms with van der Waals surface area (Å²) in [4.78, 5) is 14.3.